The predicted molar refractivity (Wildman–Crippen MR) is 90.7 cm³/mol. The maximum Gasteiger partial charge on any atom is 0.133 e. The minimum absolute atomic E-state index is 0.331. The van der Waals surface area contributed by atoms with Gasteiger partial charge in [0.2, 0.25) is 0 Å². The molecule has 0 bridgehead atoms. The van der Waals surface area contributed by atoms with Crippen molar-refractivity contribution in [3.8, 4) is 0 Å². The van der Waals surface area contributed by atoms with Crippen molar-refractivity contribution in [3.63, 3.8) is 0 Å². The van der Waals surface area contributed by atoms with Gasteiger partial charge in [-0.3, -0.25) is 4.79 Å². The lowest BCUT2D eigenvalue weighted by atomic mass is 9.86. The average Bonchev–Trinajstić information content (AvgIpc) is 2.51. The SMILES string of the molecule is C[C@](O)(/C=C/[C@H]1CCCC(=O)C1)CCCCc1ccccc1. The molecule has 1 aliphatic rings. The zero-order chi connectivity index (χ0) is 15.8. The monoisotopic (exact) mass is 300 g/mol. The molecule has 0 aliphatic heterocycles. The Balaban J connectivity index is 1.70. The molecule has 2 atom stereocenters. The van der Waals surface area contributed by atoms with Crippen LogP contribution in [0.3, 0.4) is 0 Å². The summed E-state index contributed by atoms with van der Waals surface area (Å²) in [5.74, 6) is 0.695. The molecular weight excluding hydrogens is 272 g/mol. The van der Waals surface area contributed by atoms with Crippen LogP contribution in [0, 0.1) is 5.92 Å². The van der Waals surface area contributed by atoms with Crippen LogP contribution in [0.1, 0.15) is 57.4 Å². The number of rotatable bonds is 7. The van der Waals surface area contributed by atoms with Crippen LogP contribution in [0.4, 0.5) is 0 Å². The molecule has 0 radical (unpaired) electrons. The smallest absolute Gasteiger partial charge is 0.133 e. The van der Waals surface area contributed by atoms with Gasteiger partial charge in [0.1, 0.15) is 5.78 Å². The molecule has 2 heteroatoms. The Morgan fingerprint density at radius 1 is 1.27 bits per heavy atom. The van der Waals surface area contributed by atoms with E-state index in [2.05, 4.69) is 30.3 Å². The molecule has 1 fully saturated rings. The number of hydrogen-bond acceptors (Lipinski definition) is 2. The lowest BCUT2D eigenvalue weighted by Crippen LogP contribution is -2.21. The van der Waals surface area contributed by atoms with Crippen molar-refractivity contribution in [2.75, 3.05) is 0 Å². The minimum atomic E-state index is -0.753. The lowest BCUT2D eigenvalue weighted by molar-refractivity contribution is -0.121. The summed E-state index contributed by atoms with van der Waals surface area (Å²) in [5.41, 5.74) is 0.607. The van der Waals surface area contributed by atoms with E-state index in [0.717, 1.165) is 44.9 Å². The molecule has 1 aromatic rings. The van der Waals surface area contributed by atoms with Gasteiger partial charge in [-0.15, -0.1) is 0 Å². The zero-order valence-corrected chi connectivity index (χ0v) is 13.6. The van der Waals surface area contributed by atoms with Crippen LogP contribution >= 0.6 is 0 Å². The molecule has 0 heterocycles. The van der Waals surface area contributed by atoms with E-state index < -0.39 is 5.60 Å². The van der Waals surface area contributed by atoms with Gasteiger partial charge in [0.15, 0.2) is 0 Å². The van der Waals surface area contributed by atoms with E-state index in [9.17, 15) is 9.90 Å². The number of aliphatic hydroxyl groups is 1. The largest absolute Gasteiger partial charge is 0.386 e. The highest BCUT2D eigenvalue weighted by Gasteiger charge is 2.20. The van der Waals surface area contributed by atoms with Gasteiger partial charge in [-0.2, -0.15) is 0 Å². The highest BCUT2D eigenvalue weighted by atomic mass is 16.3. The van der Waals surface area contributed by atoms with Gasteiger partial charge in [0, 0.05) is 12.8 Å². The van der Waals surface area contributed by atoms with E-state index in [0.29, 0.717) is 18.1 Å². The second kappa shape index (κ2) is 8.28. The third-order valence-electron chi connectivity index (χ3n) is 4.49. The van der Waals surface area contributed by atoms with Crippen molar-refractivity contribution >= 4 is 5.78 Å². The van der Waals surface area contributed by atoms with Crippen molar-refractivity contribution in [2.24, 2.45) is 5.92 Å². The standard InChI is InChI=1S/C20H28O2/c1-20(22,15-13-18-11-7-12-19(21)16-18)14-6-5-10-17-8-3-2-4-9-17/h2-4,8-9,13,15,18,22H,5-7,10-12,14,16H2,1H3/b15-13+/t18-,20-/m1/s1. The molecule has 0 unspecified atom stereocenters. The summed E-state index contributed by atoms with van der Waals surface area (Å²) in [4.78, 5) is 11.4. The normalized spacial score (nSPS) is 21.9. The van der Waals surface area contributed by atoms with Gasteiger partial charge in [0.25, 0.3) is 0 Å². The first-order valence-electron chi connectivity index (χ1n) is 8.52. The molecule has 1 aliphatic carbocycles. The number of ketones is 1. The summed E-state index contributed by atoms with van der Waals surface area (Å²) in [6, 6.07) is 10.5. The number of hydrogen-bond donors (Lipinski definition) is 1. The van der Waals surface area contributed by atoms with Crippen LogP contribution in [0.5, 0.6) is 0 Å². The average molecular weight is 300 g/mol. The van der Waals surface area contributed by atoms with E-state index in [1.807, 2.05) is 19.1 Å². The van der Waals surface area contributed by atoms with Crippen LogP contribution in [-0.4, -0.2) is 16.5 Å². The number of unbranched alkanes of at least 4 members (excludes halogenated alkanes) is 1. The number of benzene rings is 1. The van der Waals surface area contributed by atoms with Crippen LogP contribution in [0.15, 0.2) is 42.5 Å². The Bertz CT molecular complexity index is 488. The second-order valence-corrected chi connectivity index (χ2v) is 6.80. The highest BCUT2D eigenvalue weighted by Crippen LogP contribution is 2.24. The fourth-order valence-electron chi connectivity index (χ4n) is 3.11. The number of carbonyl (C=O) groups is 1. The van der Waals surface area contributed by atoms with E-state index in [1.54, 1.807) is 0 Å². The Hall–Kier alpha value is -1.41. The zero-order valence-electron chi connectivity index (χ0n) is 13.6. The molecule has 1 N–H and O–H groups in total. The van der Waals surface area contributed by atoms with Crippen LogP contribution in [0.25, 0.3) is 0 Å². The predicted octanol–water partition coefficient (Wildman–Crippen LogP) is 4.47. The first kappa shape index (κ1) is 17.0. The fraction of sp³-hybridized carbons (Fsp3) is 0.550. The van der Waals surface area contributed by atoms with Crippen LogP contribution in [0.2, 0.25) is 0 Å². The first-order valence-corrected chi connectivity index (χ1v) is 8.52. The number of allylic oxidation sites excluding steroid dienone is 1. The molecule has 120 valence electrons. The Kier molecular flexibility index (Phi) is 6.38. The maximum atomic E-state index is 11.4. The summed E-state index contributed by atoms with van der Waals surface area (Å²) in [7, 11) is 0. The van der Waals surface area contributed by atoms with Gasteiger partial charge in [-0.1, -0.05) is 42.5 Å². The summed E-state index contributed by atoms with van der Waals surface area (Å²) in [6.45, 7) is 1.87. The van der Waals surface area contributed by atoms with Crippen molar-refractivity contribution in [1.82, 2.24) is 0 Å². The van der Waals surface area contributed by atoms with Crippen molar-refractivity contribution in [3.05, 3.63) is 48.0 Å². The molecular formula is C20H28O2. The topological polar surface area (TPSA) is 37.3 Å². The van der Waals surface area contributed by atoms with Gasteiger partial charge in [-0.25, -0.2) is 0 Å². The van der Waals surface area contributed by atoms with E-state index in [4.69, 9.17) is 0 Å². The molecule has 2 rings (SSSR count). The summed E-state index contributed by atoms with van der Waals surface area (Å²) < 4.78 is 0. The number of carbonyl (C=O) groups excluding carboxylic acids is 1. The molecule has 22 heavy (non-hydrogen) atoms. The Labute approximate surface area is 134 Å². The van der Waals surface area contributed by atoms with Gasteiger partial charge < -0.3 is 5.11 Å². The Morgan fingerprint density at radius 2 is 2.05 bits per heavy atom. The van der Waals surface area contributed by atoms with E-state index in [-0.39, 0.29) is 0 Å². The van der Waals surface area contributed by atoms with E-state index >= 15 is 0 Å². The van der Waals surface area contributed by atoms with Crippen molar-refractivity contribution in [1.29, 1.82) is 0 Å². The molecule has 0 amide bonds. The van der Waals surface area contributed by atoms with Crippen molar-refractivity contribution < 1.29 is 9.90 Å². The summed E-state index contributed by atoms with van der Waals surface area (Å²) in [6.07, 6.45) is 11.4. The molecule has 0 aromatic heterocycles. The molecule has 2 nitrogen and oxygen atoms in total. The third-order valence-corrected chi connectivity index (χ3v) is 4.49. The minimum Gasteiger partial charge on any atom is -0.386 e. The number of aryl methyl sites for hydroxylation is 1. The molecule has 0 spiro atoms. The molecule has 1 aromatic carbocycles. The van der Waals surface area contributed by atoms with Gasteiger partial charge in [-0.05, 0) is 56.9 Å². The van der Waals surface area contributed by atoms with Crippen LogP contribution in [-0.2, 0) is 11.2 Å². The summed E-state index contributed by atoms with van der Waals surface area (Å²) in [5, 5.41) is 10.4. The van der Waals surface area contributed by atoms with Crippen molar-refractivity contribution in [2.45, 2.75) is 63.9 Å². The summed E-state index contributed by atoms with van der Waals surface area (Å²) >= 11 is 0. The molecule has 1 saturated carbocycles. The molecule has 0 saturated heterocycles. The van der Waals surface area contributed by atoms with Gasteiger partial charge in [0.05, 0.1) is 5.60 Å². The third kappa shape index (κ3) is 6.15. The lowest BCUT2D eigenvalue weighted by Gasteiger charge is -2.22. The maximum absolute atomic E-state index is 11.4. The van der Waals surface area contributed by atoms with E-state index in [1.165, 1.54) is 5.56 Å². The number of Topliss-reactive ketones (excluding diaryl/α,β-unsaturated/α-hetero) is 1. The van der Waals surface area contributed by atoms with Gasteiger partial charge >= 0.3 is 0 Å². The fourth-order valence-corrected chi connectivity index (χ4v) is 3.11. The quantitative estimate of drug-likeness (QED) is 0.596. The second-order valence-electron chi connectivity index (χ2n) is 6.80. The highest BCUT2D eigenvalue weighted by molar-refractivity contribution is 5.79. The first-order chi connectivity index (χ1) is 10.6. The van der Waals surface area contributed by atoms with Crippen LogP contribution < -0.4 is 0 Å². The Morgan fingerprint density at radius 3 is 2.77 bits per heavy atom.